The molecule has 0 saturated carbocycles. The van der Waals surface area contributed by atoms with Crippen LogP contribution < -0.4 is 10.0 Å². The van der Waals surface area contributed by atoms with E-state index < -0.39 is 91.5 Å². The third-order valence-electron chi connectivity index (χ3n) is 8.73. The molecule has 296 valence electrons. The van der Waals surface area contributed by atoms with Gasteiger partial charge in [0.25, 0.3) is 0 Å². The first-order chi connectivity index (χ1) is 26.9. The molecule has 22 heteroatoms. The van der Waals surface area contributed by atoms with E-state index in [1.54, 1.807) is 0 Å². The summed E-state index contributed by atoms with van der Waals surface area (Å²) in [6.45, 7) is 0. The van der Waals surface area contributed by atoms with Crippen molar-refractivity contribution in [3.63, 3.8) is 0 Å². The van der Waals surface area contributed by atoms with Gasteiger partial charge in [-0.15, -0.1) is 0 Å². The summed E-state index contributed by atoms with van der Waals surface area (Å²) in [5.41, 5.74) is -12.4. The molecule has 58 heavy (non-hydrogen) atoms. The molecule has 6 aromatic rings. The Hall–Kier alpha value is -4.64. The van der Waals surface area contributed by atoms with Crippen LogP contribution >= 0.6 is 63.7 Å². The fourth-order valence-electron chi connectivity index (χ4n) is 6.49. The van der Waals surface area contributed by atoms with Gasteiger partial charge in [0.2, 0.25) is 0 Å². The third kappa shape index (κ3) is 6.90. The van der Waals surface area contributed by atoms with Crippen molar-refractivity contribution in [2.24, 2.45) is 0 Å². The summed E-state index contributed by atoms with van der Waals surface area (Å²) in [6, 6.07) is 12.0. The van der Waals surface area contributed by atoms with E-state index in [4.69, 9.17) is 0 Å². The second kappa shape index (κ2) is 14.0. The average molecular weight is 1070 g/mol. The lowest BCUT2D eigenvalue weighted by Crippen LogP contribution is -2.40. The van der Waals surface area contributed by atoms with Crippen LogP contribution in [0.25, 0.3) is 32.9 Å². The number of hydrogen-bond acceptors (Lipinski definition) is 6. The summed E-state index contributed by atoms with van der Waals surface area (Å²) >= 11 is 13.4. The molecule has 1 aliphatic rings. The maximum absolute atomic E-state index is 14.6. The van der Waals surface area contributed by atoms with Crippen LogP contribution in [0.5, 0.6) is 0 Å². The summed E-state index contributed by atoms with van der Waals surface area (Å²) in [5.74, 6) is 0. The van der Waals surface area contributed by atoms with Crippen molar-refractivity contribution in [1.29, 1.82) is 10.5 Å². The predicted octanol–water partition coefficient (Wildman–Crippen LogP) is 14.5. The molecule has 6 nitrogen and oxygen atoms in total. The lowest BCUT2D eigenvalue weighted by molar-refractivity contribution is -0.146. The lowest BCUT2D eigenvalue weighted by Gasteiger charge is -2.45. The van der Waals surface area contributed by atoms with Crippen molar-refractivity contribution in [3.8, 4) is 23.3 Å². The fraction of sp³-hybridized carbons (Fsp3) is 0.111. The molecule has 0 unspecified atom stereocenters. The number of nitriles is 2. The first-order valence-corrected chi connectivity index (χ1v) is 18.7. The number of alkyl halides is 12. The number of benzene rings is 4. The minimum absolute atomic E-state index is 0.0236. The van der Waals surface area contributed by atoms with Crippen LogP contribution in [0.15, 0.2) is 78.6 Å². The second-order valence-corrected chi connectivity index (χ2v) is 15.7. The van der Waals surface area contributed by atoms with Crippen LogP contribution in [-0.2, 0) is 24.7 Å². The Morgan fingerprint density at radius 3 is 1.03 bits per heavy atom. The normalized spacial score (nSPS) is 13.4. The van der Waals surface area contributed by atoms with E-state index in [2.05, 4.69) is 73.7 Å². The summed E-state index contributed by atoms with van der Waals surface area (Å²) in [5, 5.41) is 19.7. The molecule has 3 heterocycles. The van der Waals surface area contributed by atoms with E-state index in [9.17, 15) is 63.2 Å². The van der Waals surface area contributed by atoms with E-state index in [0.29, 0.717) is 0 Å². The number of anilines is 4. The zero-order valence-electron chi connectivity index (χ0n) is 27.5. The molecular formula is C36H10Br4F12N6. The van der Waals surface area contributed by atoms with Crippen LogP contribution in [0.3, 0.4) is 0 Å². The third-order valence-corrected chi connectivity index (χ3v) is 11.2. The van der Waals surface area contributed by atoms with Gasteiger partial charge in [0.05, 0.1) is 68.2 Å². The smallest absolute Gasteiger partial charge is 0.246 e. The SMILES string of the molecule is N#Cc1cc(Br)c(N2c3ccc4c(C(F)(F)F)cc(C(F)(F)F)nc4c3-c3c(ccc4c(C(F)(F)F)cc(C(F)(F)F)nc34)N2c2c(Br)cc(C#N)cc2Br)c(Br)c1. The molecule has 4 aromatic carbocycles. The zero-order chi connectivity index (χ0) is 42.6. The van der Waals surface area contributed by atoms with Crippen molar-refractivity contribution in [2.75, 3.05) is 10.0 Å². The van der Waals surface area contributed by atoms with Crippen LogP contribution in [-0.4, -0.2) is 9.97 Å². The molecule has 0 atom stereocenters. The average Bonchev–Trinajstić information content (AvgIpc) is 3.11. The highest BCUT2D eigenvalue weighted by Crippen LogP contribution is 2.59. The first-order valence-electron chi connectivity index (χ1n) is 15.5. The van der Waals surface area contributed by atoms with Crippen molar-refractivity contribution in [1.82, 2.24) is 9.97 Å². The van der Waals surface area contributed by atoms with Crippen molar-refractivity contribution < 1.29 is 52.7 Å². The highest BCUT2D eigenvalue weighted by atomic mass is 79.9. The van der Waals surface area contributed by atoms with Gasteiger partial charge in [-0.2, -0.15) is 63.2 Å². The second-order valence-electron chi connectivity index (χ2n) is 12.2. The van der Waals surface area contributed by atoms with Gasteiger partial charge in [0.15, 0.2) is 0 Å². The summed E-state index contributed by atoms with van der Waals surface area (Å²) < 4.78 is 174. The number of rotatable bonds is 2. The van der Waals surface area contributed by atoms with E-state index in [1.165, 1.54) is 34.3 Å². The Morgan fingerprint density at radius 2 is 0.776 bits per heavy atom. The molecule has 1 aliphatic heterocycles. The molecule has 0 amide bonds. The van der Waals surface area contributed by atoms with E-state index in [1.807, 2.05) is 12.1 Å². The van der Waals surface area contributed by atoms with Gasteiger partial charge < -0.3 is 0 Å². The molecule has 0 spiro atoms. The highest BCUT2D eigenvalue weighted by molar-refractivity contribution is 9.11. The molecule has 0 saturated heterocycles. The molecular weight excluding hydrogens is 1060 g/mol. The molecule has 0 radical (unpaired) electrons. The largest absolute Gasteiger partial charge is 0.433 e. The summed E-state index contributed by atoms with van der Waals surface area (Å²) in [6.07, 6.45) is -22.1. The monoisotopic (exact) mass is 1070 g/mol. The van der Waals surface area contributed by atoms with E-state index in [-0.39, 0.29) is 52.5 Å². The summed E-state index contributed by atoms with van der Waals surface area (Å²) in [4.78, 5) is 7.15. The number of nitrogens with zero attached hydrogens (tertiary/aromatic N) is 6. The molecule has 0 bridgehead atoms. The van der Waals surface area contributed by atoms with Gasteiger partial charge in [-0.05, 0) is 112 Å². The van der Waals surface area contributed by atoms with Crippen molar-refractivity contribution in [2.45, 2.75) is 24.7 Å². The minimum Gasteiger partial charge on any atom is -0.246 e. The Morgan fingerprint density at radius 1 is 0.466 bits per heavy atom. The van der Waals surface area contributed by atoms with Crippen LogP contribution in [0, 0.1) is 22.7 Å². The number of pyridine rings is 2. The Kier molecular flexibility index (Phi) is 10.0. The fourth-order valence-corrected chi connectivity index (χ4v) is 9.53. The molecule has 0 fully saturated rings. The topological polar surface area (TPSA) is 79.8 Å². The van der Waals surface area contributed by atoms with Gasteiger partial charge in [-0.3, -0.25) is 0 Å². The van der Waals surface area contributed by atoms with Crippen LogP contribution in [0.2, 0.25) is 0 Å². The van der Waals surface area contributed by atoms with Gasteiger partial charge in [0.1, 0.15) is 11.4 Å². The van der Waals surface area contributed by atoms with E-state index >= 15 is 0 Å². The molecule has 0 aliphatic carbocycles. The van der Waals surface area contributed by atoms with Crippen molar-refractivity contribution in [3.05, 3.63) is 112 Å². The Labute approximate surface area is 349 Å². The molecule has 2 aromatic heterocycles. The first kappa shape index (κ1) is 41.5. The number of hydrogen-bond donors (Lipinski definition) is 0. The minimum atomic E-state index is -5.54. The van der Waals surface area contributed by atoms with E-state index in [0.717, 1.165) is 24.3 Å². The number of hydrazine groups is 1. The van der Waals surface area contributed by atoms with Gasteiger partial charge in [-0.25, -0.2) is 20.0 Å². The van der Waals surface area contributed by atoms with Crippen LogP contribution in [0.4, 0.5) is 75.4 Å². The number of halogens is 16. The highest BCUT2D eigenvalue weighted by Gasteiger charge is 2.45. The predicted molar refractivity (Wildman–Crippen MR) is 200 cm³/mol. The molecule has 7 rings (SSSR count). The van der Waals surface area contributed by atoms with Gasteiger partial charge in [-0.1, -0.05) is 12.1 Å². The number of aromatic nitrogens is 2. The number of fused-ring (bicyclic) bond motifs is 7. The Bertz CT molecular complexity index is 2600. The maximum atomic E-state index is 14.6. The van der Waals surface area contributed by atoms with Crippen LogP contribution in [0.1, 0.15) is 33.6 Å². The Balaban J connectivity index is 1.81. The maximum Gasteiger partial charge on any atom is 0.433 e. The lowest BCUT2D eigenvalue weighted by atomic mass is 9.90. The zero-order valence-corrected chi connectivity index (χ0v) is 33.8. The van der Waals surface area contributed by atoms with Gasteiger partial charge in [0, 0.05) is 39.8 Å². The van der Waals surface area contributed by atoms with Gasteiger partial charge >= 0.3 is 24.7 Å². The summed E-state index contributed by atoms with van der Waals surface area (Å²) in [7, 11) is 0. The molecule has 0 N–H and O–H groups in total. The van der Waals surface area contributed by atoms with Crippen molar-refractivity contribution >= 4 is 108 Å². The quantitative estimate of drug-likeness (QED) is 0.161. The standard InChI is InChI=1S/C36H10Br4F12N6/c37-19-5-13(11-53)6-20(38)31(19)57-23-3-1-15-17(33(41,42)43)9-25(35(47,48)49)55-29(15)27(23)28-24(58(57)32-21(39)7-14(12-54)8-22(32)40)4-2-16-18(34(44,45)46)10-26(36(50,51)52)56-30(16)28/h1-10H.